The number of nitrogens with one attached hydrogen (secondary N) is 1. The van der Waals surface area contributed by atoms with E-state index in [-0.39, 0.29) is 17.2 Å². The van der Waals surface area contributed by atoms with Crippen molar-refractivity contribution in [3.05, 3.63) is 22.0 Å². The minimum absolute atomic E-state index is 0.0946. The number of carbonyl (C=O) groups excluding carboxylic acids is 1. The van der Waals surface area contributed by atoms with E-state index in [1.54, 1.807) is 11.7 Å². The molecule has 0 bridgehead atoms. The molecule has 1 aliphatic heterocycles. The van der Waals surface area contributed by atoms with Crippen molar-refractivity contribution in [1.29, 1.82) is 0 Å². The summed E-state index contributed by atoms with van der Waals surface area (Å²) in [5.74, 6) is -0.494. The molecule has 1 aliphatic rings. The van der Waals surface area contributed by atoms with Crippen LogP contribution in [0.2, 0.25) is 0 Å². The van der Waals surface area contributed by atoms with Crippen molar-refractivity contribution in [2.75, 3.05) is 11.1 Å². The monoisotopic (exact) mass is 355 g/mol. The first-order valence-electron chi connectivity index (χ1n) is 7.28. The molecule has 0 radical (unpaired) electrons. The van der Waals surface area contributed by atoms with Gasteiger partial charge in [-0.2, -0.15) is 5.10 Å². The van der Waals surface area contributed by atoms with Crippen LogP contribution in [0.25, 0.3) is 0 Å². The number of aromatic nitrogens is 4. The highest BCUT2D eigenvalue weighted by molar-refractivity contribution is 7.90. The Balaban J connectivity index is 1.85. The van der Waals surface area contributed by atoms with Gasteiger partial charge >= 0.3 is 0 Å². The van der Waals surface area contributed by atoms with Gasteiger partial charge in [0.05, 0.1) is 11.5 Å². The lowest BCUT2D eigenvalue weighted by molar-refractivity contribution is 0.102. The van der Waals surface area contributed by atoms with Crippen LogP contribution in [-0.4, -0.2) is 40.1 Å². The Labute approximate surface area is 137 Å². The average molecular weight is 355 g/mol. The summed E-state index contributed by atoms with van der Waals surface area (Å²) < 4.78 is 25.3. The van der Waals surface area contributed by atoms with E-state index < -0.39 is 15.7 Å². The molecule has 0 atom stereocenters. The molecular weight excluding hydrogens is 338 g/mol. The number of hydrogen-bond donors (Lipinski definition) is 1. The van der Waals surface area contributed by atoms with E-state index in [9.17, 15) is 13.2 Å². The molecule has 0 spiro atoms. The van der Waals surface area contributed by atoms with Crippen LogP contribution in [0.1, 0.15) is 40.1 Å². The minimum Gasteiger partial charge on any atom is -0.295 e. The zero-order valence-corrected chi connectivity index (χ0v) is 14.5. The van der Waals surface area contributed by atoms with Crippen molar-refractivity contribution in [3.8, 4) is 0 Å². The van der Waals surface area contributed by atoms with Crippen molar-refractivity contribution in [2.24, 2.45) is 7.05 Å². The minimum atomic E-state index is -3.17. The fraction of sp³-hybridized carbons (Fsp3) is 0.538. The van der Waals surface area contributed by atoms with Crippen molar-refractivity contribution < 1.29 is 13.2 Å². The Bertz CT molecular complexity index is 853. The second kappa shape index (κ2) is 6.00. The Morgan fingerprint density at radius 2 is 2.17 bits per heavy atom. The molecule has 0 unspecified atom stereocenters. The van der Waals surface area contributed by atoms with E-state index in [1.165, 1.54) is 11.3 Å². The average Bonchev–Trinajstić information content (AvgIpc) is 3.03. The van der Waals surface area contributed by atoms with Crippen LogP contribution in [0.3, 0.4) is 0 Å². The number of anilines is 1. The van der Waals surface area contributed by atoms with Crippen molar-refractivity contribution in [1.82, 2.24) is 20.0 Å². The number of carbonyl (C=O) groups is 1. The maximum atomic E-state index is 12.4. The summed E-state index contributed by atoms with van der Waals surface area (Å²) in [5, 5.41) is 16.0. The van der Waals surface area contributed by atoms with Gasteiger partial charge in [0, 0.05) is 31.1 Å². The summed E-state index contributed by atoms with van der Waals surface area (Å²) in [7, 11) is -1.45. The topological polar surface area (TPSA) is 107 Å². The molecule has 1 N–H and O–H groups in total. The van der Waals surface area contributed by atoms with Gasteiger partial charge in [0.1, 0.15) is 5.01 Å². The summed E-state index contributed by atoms with van der Waals surface area (Å²) in [4.78, 5) is 12.4. The van der Waals surface area contributed by atoms with Gasteiger partial charge in [-0.15, -0.1) is 10.2 Å². The van der Waals surface area contributed by atoms with Gasteiger partial charge in [0.2, 0.25) is 5.13 Å². The van der Waals surface area contributed by atoms with Gasteiger partial charge in [-0.25, -0.2) is 8.42 Å². The first kappa shape index (κ1) is 16.1. The number of amides is 1. The number of nitrogens with zero attached hydrogens (tertiary/aromatic N) is 4. The Hall–Kier alpha value is -1.81. The summed E-state index contributed by atoms with van der Waals surface area (Å²) in [5.41, 5.74) is 1.45. The Kier molecular flexibility index (Phi) is 4.19. The lowest BCUT2D eigenvalue weighted by Gasteiger charge is -2.13. The maximum Gasteiger partial charge on any atom is 0.278 e. The number of aryl methyl sites for hydroxylation is 2. The van der Waals surface area contributed by atoms with Crippen LogP contribution in [-0.2, 0) is 35.5 Å². The van der Waals surface area contributed by atoms with Crippen LogP contribution < -0.4 is 5.32 Å². The normalized spacial score (nSPS) is 16.1. The van der Waals surface area contributed by atoms with Gasteiger partial charge in [-0.3, -0.25) is 14.8 Å². The largest absolute Gasteiger partial charge is 0.295 e. The first-order valence-corrected chi connectivity index (χ1v) is 9.92. The SMILES string of the molecule is CCCc1nnc(NC(=O)c2nn(C)c3c2CS(=O)(=O)CC3)s1. The molecule has 1 amide bonds. The molecule has 10 heteroatoms. The van der Waals surface area contributed by atoms with E-state index >= 15 is 0 Å². The quantitative estimate of drug-likeness (QED) is 0.875. The summed E-state index contributed by atoms with van der Waals surface area (Å²) in [6.45, 7) is 2.04. The molecule has 0 aromatic carbocycles. The van der Waals surface area contributed by atoms with E-state index in [0.29, 0.717) is 17.1 Å². The van der Waals surface area contributed by atoms with Crippen molar-refractivity contribution in [3.63, 3.8) is 0 Å². The van der Waals surface area contributed by atoms with E-state index in [1.807, 2.05) is 6.92 Å². The van der Waals surface area contributed by atoms with Gasteiger partial charge in [0.15, 0.2) is 15.5 Å². The summed E-state index contributed by atoms with van der Waals surface area (Å²) in [6.07, 6.45) is 2.15. The Morgan fingerprint density at radius 1 is 1.39 bits per heavy atom. The first-order chi connectivity index (χ1) is 10.9. The zero-order valence-electron chi connectivity index (χ0n) is 12.9. The predicted octanol–water partition coefficient (Wildman–Crippen LogP) is 0.947. The van der Waals surface area contributed by atoms with Crippen LogP contribution in [0.5, 0.6) is 0 Å². The lowest BCUT2D eigenvalue weighted by atomic mass is 10.1. The molecule has 8 nitrogen and oxygen atoms in total. The Morgan fingerprint density at radius 3 is 2.91 bits per heavy atom. The highest BCUT2D eigenvalue weighted by Crippen LogP contribution is 2.25. The van der Waals surface area contributed by atoms with Crippen LogP contribution in [0.4, 0.5) is 5.13 Å². The lowest BCUT2D eigenvalue weighted by Crippen LogP contribution is -2.22. The molecule has 0 saturated carbocycles. The highest BCUT2D eigenvalue weighted by atomic mass is 32.2. The number of hydrogen-bond acceptors (Lipinski definition) is 7. The molecule has 2 aromatic rings. The second-order valence-electron chi connectivity index (χ2n) is 5.44. The summed E-state index contributed by atoms with van der Waals surface area (Å²) in [6, 6.07) is 0. The third-order valence-electron chi connectivity index (χ3n) is 3.66. The molecule has 0 aliphatic carbocycles. The molecule has 3 heterocycles. The van der Waals surface area contributed by atoms with E-state index in [2.05, 4.69) is 20.6 Å². The number of sulfone groups is 1. The maximum absolute atomic E-state index is 12.4. The molecule has 0 saturated heterocycles. The van der Waals surface area contributed by atoms with Gasteiger partial charge < -0.3 is 0 Å². The summed E-state index contributed by atoms with van der Waals surface area (Å²) >= 11 is 1.32. The molecule has 3 rings (SSSR count). The van der Waals surface area contributed by atoms with Crippen LogP contribution in [0, 0.1) is 0 Å². The molecule has 0 fully saturated rings. The molecule has 124 valence electrons. The van der Waals surface area contributed by atoms with Crippen molar-refractivity contribution >= 4 is 32.2 Å². The second-order valence-corrected chi connectivity index (χ2v) is 8.69. The molecular formula is C13H17N5O3S2. The standard InChI is InChI=1S/C13H17N5O3S2/c1-3-4-10-15-16-13(22-10)14-12(19)11-8-7-23(20,21)6-5-9(8)18(2)17-11/h3-7H2,1-2H3,(H,14,16,19). The van der Waals surface area contributed by atoms with E-state index in [0.717, 1.165) is 23.5 Å². The van der Waals surface area contributed by atoms with Gasteiger partial charge in [-0.05, 0) is 6.42 Å². The van der Waals surface area contributed by atoms with E-state index in [4.69, 9.17) is 0 Å². The fourth-order valence-corrected chi connectivity index (χ4v) is 4.80. The third kappa shape index (κ3) is 3.27. The number of rotatable bonds is 4. The fourth-order valence-electron chi connectivity index (χ4n) is 2.57. The van der Waals surface area contributed by atoms with Crippen molar-refractivity contribution in [2.45, 2.75) is 31.9 Å². The highest BCUT2D eigenvalue weighted by Gasteiger charge is 2.30. The van der Waals surface area contributed by atoms with Gasteiger partial charge in [-0.1, -0.05) is 18.3 Å². The smallest absolute Gasteiger partial charge is 0.278 e. The number of fused-ring (bicyclic) bond motifs is 1. The third-order valence-corrected chi connectivity index (χ3v) is 6.11. The van der Waals surface area contributed by atoms with Gasteiger partial charge in [0.25, 0.3) is 5.91 Å². The predicted molar refractivity (Wildman–Crippen MR) is 86.3 cm³/mol. The van der Waals surface area contributed by atoms with Crippen LogP contribution in [0.15, 0.2) is 0 Å². The molecule has 2 aromatic heterocycles. The molecule has 23 heavy (non-hydrogen) atoms. The zero-order chi connectivity index (χ0) is 16.6. The van der Waals surface area contributed by atoms with Crippen LogP contribution >= 0.6 is 11.3 Å².